The van der Waals surface area contributed by atoms with E-state index in [1.54, 1.807) is 0 Å². The van der Waals surface area contributed by atoms with Crippen LogP contribution in [0.1, 0.15) is 5.56 Å². The summed E-state index contributed by atoms with van der Waals surface area (Å²) in [5, 5.41) is 6.01. The van der Waals surface area contributed by atoms with E-state index in [9.17, 15) is 13.2 Å². The van der Waals surface area contributed by atoms with E-state index >= 15 is 0 Å². The molecule has 1 aromatic carbocycles. The maximum absolute atomic E-state index is 12.6. The Bertz CT molecular complexity index is 549. The number of rotatable bonds is 1. The summed E-state index contributed by atoms with van der Waals surface area (Å²) >= 11 is 2.85. The van der Waals surface area contributed by atoms with Gasteiger partial charge in [-0.25, -0.2) is 0 Å². The molecule has 1 heterocycles. The SMILES string of the molecule is Nc1n[nH]c(-c2ccc(Br)c(C(F)(F)F)c2)n1. The van der Waals surface area contributed by atoms with Crippen LogP contribution in [0.3, 0.4) is 0 Å². The molecule has 90 valence electrons. The van der Waals surface area contributed by atoms with Gasteiger partial charge in [-0.2, -0.15) is 18.2 Å². The van der Waals surface area contributed by atoms with E-state index < -0.39 is 11.7 Å². The molecular weight excluding hydrogens is 301 g/mol. The number of anilines is 1. The van der Waals surface area contributed by atoms with Crippen LogP contribution in [0.2, 0.25) is 0 Å². The smallest absolute Gasteiger partial charge is 0.366 e. The zero-order valence-electron chi connectivity index (χ0n) is 8.22. The highest BCUT2D eigenvalue weighted by molar-refractivity contribution is 9.10. The summed E-state index contributed by atoms with van der Waals surface area (Å²) < 4.78 is 37.9. The summed E-state index contributed by atoms with van der Waals surface area (Å²) in [6.45, 7) is 0. The molecule has 2 aromatic rings. The van der Waals surface area contributed by atoms with E-state index in [2.05, 4.69) is 31.1 Å². The summed E-state index contributed by atoms with van der Waals surface area (Å²) in [7, 11) is 0. The average Bonchev–Trinajstić information content (AvgIpc) is 2.64. The first-order chi connectivity index (χ1) is 7.88. The molecule has 0 fully saturated rings. The Morgan fingerprint density at radius 3 is 2.53 bits per heavy atom. The molecule has 0 radical (unpaired) electrons. The Labute approximate surface area is 102 Å². The van der Waals surface area contributed by atoms with E-state index in [1.165, 1.54) is 12.1 Å². The van der Waals surface area contributed by atoms with Gasteiger partial charge in [-0.05, 0) is 12.1 Å². The number of aromatic amines is 1. The van der Waals surface area contributed by atoms with Crippen molar-refractivity contribution in [2.24, 2.45) is 0 Å². The molecule has 0 spiro atoms. The number of H-pyrrole nitrogens is 1. The minimum Gasteiger partial charge on any atom is -0.366 e. The number of nitrogens with zero attached hydrogens (tertiary/aromatic N) is 2. The number of hydrogen-bond donors (Lipinski definition) is 2. The Hall–Kier alpha value is -1.57. The van der Waals surface area contributed by atoms with Gasteiger partial charge in [0.15, 0.2) is 5.82 Å². The number of nitrogens with one attached hydrogen (secondary N) is 1. The normalized spacial score (nSPS) is 11.8. The first kappa shape index (κ1) is 11.9. The molecule has 0 saturated carbocycles. The Morgan fingerprint density at radius 1 is 1.29 bits per heavy atom. The topological polar surface area (TPSA) is 67.6 Å². The Kier molecular flexibility index (Phi) is 2.82. The highest BCUT2D eigenvalue weighted by atomic mass is 79.9. The summed E-state index contributed by atoms with van der Waals surface area (Å²) in [5.74, 6) is 0.178. The number of hydrogen-bond acceptors (Lipinski definition) is 3. The van der Waals surface area contributed by atoms with Gasteiger partial charge in [0, 0.05) is 10.0 Å². The standard InChI is InChI=1S/C9H6BrF3N4/c10-6-2-1-4(3-5(6)9(11,12)13)7-15-8(14)17-16-7/h1-3H,(H3,14,15,16,17). The van der Waals surface area contributed by atoms with Gasteiger partial charge in [0.05, 0.1) is 5.56 Å². The predicted octanol–water partition coefficient (Wildman–Crippen LogP) is 2.84. The Morgan fingerprint density at radius 2 is 2.00 bits per heavy atom. The average molecular weight is 307 g/mol. The molecule has 0 amide bonds. The summed E-state index contributed by atoms with van der Waals surface area (Å²) in [6.07, 6.45) is -4.43. The fraction of sp³-hybridized carbons (Fsp3) is 0.111. The van der Waals surface area contributed by atoms with E-state index in [-0.39, 0.29) is 21.8 Å². The van der Waals surface area contributed by atoms with Crippen LogP contribution in [0.5, 0.6) is 0 Å². The molecule has 0 unspecified atom stereocenters. The molecular formula is C9H6BrF3N4. The van der Waals surface area contributed by atoms with Crippen molar-refractivity contribution >= 4 is 21.9 Å². The van der Waals surface area contributed by atoms with E-state index in [0.29, 0.717) is 0 Å². The van der Waals surface area contributed by atoms with Crippen LogP contribution in [0.25, 0.3) is 11.4 Å². The monoisotopic (exact) mass is 306 g/mol. The molecule has 0 atom stereocenters. The molecule has 0 aliphatic carbocycles. The minimum absolute atomic E-state index is 0.0172. The molecule has 0 aliphatic rings. The molecule has 0 aliphatic heterocycles. The minimum atomic E-state index is -4.43. The predicted molar refractivity (Wildman–Crippen MR) is 58.9 cm³/mol. The van der Waals surface area contributed by atoms with Gasteiger partial charge < -0.3 is 5.73 Å². The van der Waals surface area contributed by atoms with Crippen molar-refractivity contribution in [1.82, 2.24) is 15.2 Å². The van der Waals surface area contributed by atoms with Gasteiger partial charge >= 0.3 is 6.18 Å². The van der Waals surface area contributed by atoms with Crippen LogP contribution >= 0.6 is 15.9 Å². The highest BCUT2D eigenvalue weighted by Gasteiger charge is 2.33. The first-order valence-electron chi connectivity index (χ1n) is 4.43. The molecule has 1 aromatic heterocycles. The van der Waals surface area contributed by atoms with Crippen molar-refractivity contribution in [3.05, 3.63) is 28.2 Å². The zero-order valence-corrected chi connectivity index (χ0v) is 9.80. The van der Waals surface area contributed by atoms with Crippen LogP contribution in [0, 0.1) is 0 Å². The van der Waals surface area contributed by atoms with Gasteiger partial charge in [-0.1, -0.05) is 22.0 Å². The van der Waals surface area contributed by atoms with Gasteiger partial charge in [0.2, 0.25) is 5.95 Å². The van der Waals surface area contributed by atoms with Crippen LogP contribution in [0.15, 0.2) is 22.7 Å². The van der Waals surface area contributed by atoms with E-state index in [1.807, 2.05) is 0 Å². The summed E-state index contributed by atoms with van der Waals surface area (Å²) in [5.41, 5.74) is 4.78. The third-order valence-electron chi connectivity index (χ3n) is 2.05. The van der Waals surface area contributed by atoms with Crippen LogP contribution in [-0.4, -0.2) is 15.2 Å². The molecule has 0 saturated heterocycles. The second-order valence-electron chi connectivity index (χ2n) is 3.23. The van der Waals surface area contributed by atoms with Crippen LogP contribution in [0.4, 0.5) is 19.1 Å². The first-order valence-corrected chi connectivity index (χ1v) is 5.22. The largest absolute Gasteiger partial charge is 0.417 e. The van der Waals surface area contributed by atoms with Crippen molar-refractivity contribution < 1.29 is 13.2 Å². The lowest BCUT2D eigenvalue weighted by Gasteiger charge is -2.09. The molecule has 17 heavy (non-hydrogen) atoms. The number of alkyl halides is 3. The third-order valence-corrected chi connectivity index (χ3v) is 2.74. The maximum atomic E-state index is 12.6. The lowest BCUT2D eigenvalue weighted by molar-refractivity contribution is -0.138. The molecule has 0 bridgehead atoms. The second-order valence-corrected chi connectivity index (χ2v) is 4.09. The van der Waals surface area contributed by atoms with Crippen molar-refractivity contribution in [1.29, 1.82) is 0 Å². The Balaban J connectivity index is 2.51. The lowest BCUT2D eigenvalue weighted by atomic mass is 10.1. The quantitative estimate of drug-likeness (QED) is 0.851. The number of benzene rings is 1. The van der Waals surface area contributed by atoms with E-state index in [0.717, 1.165) is 6.07 Å². The third kappa shape index (κ3) is 2.41. The number of aromatic nitrogens is 3. The number of nitrogen functional groups attached to an aromatic ring is 1. The molecule has 4 nitrogen and oxygen atoms in total. The summed E-state index contributed by atoms with van der Waals surface area (Å²) in [6, 6.07) is 3.76. The van der Waals surface area contributed by atoms with Gasteiger partial charge in [0.25, 0.3) is 0 Å². The van der Waals surface area contributed by atoms with E-state index in [4.69, 9.17) is 5.73 Å². The van der Waals surface area contributed by atoms with Crippen molar-refractivity contribution in [3.8, 4) is 11.4 Å². The fourth-order valence-electron chi connectivity index (χ4n) is 1.29. The number of halogens is 4. The second kappa shape index (κ2) is 4.02. The van der Waals surface area contributed by atoms with Crippen molar-refractivity contribution in [2.45, 2.75) is 6.18 Å². The van der Waals surface area contributed by atoms with Crippen LogP contribution < -0.4 is 5.73 Å². The van der Waals surface area contributed by atoms with Gasteiger partial charge in [0.1, 0.15) is 0 Å². The zero-order chi connectivity index (χ0) is 12.6. The van der Waals surface area contributed by atoms with Gasteiger partial charge in [-0.15, -0.1) is 5.10 Å². The van der Waals surface area contributed by atoms with Crippen molar-refractivity contribution in [3.63, 3.8) is 0 Å². The molecule has 3 N–H and O–H groups in total. The van der Waals surface area contributed by atoms with Crippen LogP contribution in [-0.2, 0) is 6.18 Å². The maximum Gasteiger partial charge on any atom is 0.417 e. The summed E-state index contributed by atoms with van der Waals surface area (Å²) in [4.78, 5) is 3.76. The number of nitrogens with two attached hydrogens (primary N) is 1. The lowest BCUT2D eigenvalue weighted by Crippen LogP contribution is -2.06. The van der Waals surface area contributed by atoms with Crippen molar-refractivity contribution in [2.75, 3.05) is 5.73 Å². The fourth-order valence-corrected chi connectivity index (χ4v) is 1.77. The highest BCUT2D eigenvalue weighted by Crippen LogP contribution is 2.36. The molecule has 2 rings (SSSR count). The molecule has 8 heteroatoms. The van der Waals surface area contributed by atoms with Gasteiger partial charge in [-0.3, -0.25) is 5.10 Å².